The molecule has 1 N–H and O–H groups in total. The molecule has 25 heavy (non-hydrogen) atoms. The van der Waals surface area contributed by atoms with Gasteiger partial charge in [0.25, 0.3) is 5.91 Å². The third-order valence-electron chi connectivity index (χ3n) is 4.28. The van der Waals surface area contributed by atoms with Crippen molar-refractivity contribution in [1.82, 2.24) is 9.78 Å². The normalized spacial score (nSPS) is 15.4. The maximum atomic E-state index is 12.4. The number of aromatic nitrogens is 2. The van der Waals surface area contributed by atoms with E-state index in [0.29, 0.717) is 29.9 Å². The van der Waals surface area contributed by atoms with Crippen LogP contribution in [0.2, 0.25) is 0 Å². The van der Waals surface area contributed by atoms with Gasteiger partial charge in [-0.25, -0.2) is 0 Å². The van der Waals surface area contributed by atoms with E-state index in [-0.39, 0.29) is 17.2 Å². The minimum atomic E-state index is -0.477. The van der Waals surface area contributed by atoms with Crippen LogP contribution in [0.4, 0.5) is 5.69 Å². The maximum absolute atomic E-state index is 12.4. The zero-order chi connectivity index (χ0) is 17.2. The van der Waals surface area contributed by atoms with E-state index in [1.807, 2.05) is 4.68 Å². The number of anilines is 1. The van der Waals surface area contributed by atoms with E-state index in [0.717, 1.165) is 12.8 Å². The summed E-state index contributed by atoms with van der Waals surface area (Å²) in [5.74, 6) is -0.503. The van der Waals surface area contributed by atoms with Gasteiger partial charge in [-0.15, -0.1) is 0 Å². The zero-order valence-corrected chi connectivity index (χ0v) is 13.5. The number of para-hydroxylation sites is 1. The number of ether oxygens (including phenoxy) is 1. The molecule has 1 amide bonds. The zero-order valence-electron chi connectivity index (χ0n) is 13.5. The summed E-state index contributed by atoms with van der Waals surface area (Å²) in [6, 6.07) is 8.32. The maximum Gasteiger partial charge on any atom is 0.291 e. The number of nitrogens with zero attached hydrogens (tertiary/aromatic N) is 2. The average Bonchev–Trinajstić information content (AvgIpc) is 3.11. The standard InChI is InChI=1S/C18H17N3O4/c22-15-9-17(25-16-4-2-1-3-14(15)16)18(23)20-12-10-19-21(11-12)13-5-7-24-8-6-13/h1-4,9-11,13H,5-8H2,(H,20,23). The Morgan fingerprint density at radius 3 is 2.88 bits per heavy atom. The molecule has 1 fully saturated rings. The monoisotopic (exact) mass is 339 g/mol. The van der Waals surface area contributed by atoms with Crippen LogP contribution in [0.25, 0.3) is 11.0 Å². The molecule has 4 rings (SSSR count). The van der Waals surface area contributed by atoms with E-state index in [1.54, 1.807) is 36.7 Å². The van der Waals surface area contributed by atoms with Gasteiger partial charge in [0.1, 0.15) is 5.58 Å². The molecule has 0 radical (unpaired) electrons. The Balaban J connectivity index is 1.54. The van der Waals surface area contributed by atoms with Crippen LogP contribution in [-0.2, 0) is 4.74 Å². The summed E-state index contributed by atoms with van der Waals surface area (Å²) in [6.07, 6.45) is 5.17. The summed E-state index contributed by atoms with van der Waals surface area (Å²) < 4.78 is 12.7. The Morgan fingerprint density at radius 1 is 1.24 bits per heavy atom. The summed E-state index contributed by atoms with van der Waals surface area (Å²) in [5.41, 5.74) is 0.704. The molecule has 7 heteroatoms. The van der Waals surface area contributed by atoms with Crippen LogP contribution in [0.3, 0.4) is 0 Å². The number of hydrogen-bond acceptors (Lipinski definition) is 5. The summed E-state index contributed by atoms with van der Waals surface area (Å²) in [7, 11) is 0. The fraction of sp³-hybridized carbons (Fsp3) is 0.278. The number of hydrogen-bond donors (Lipinski definition) is 1. The van der Waals surface area contributed by atoms with Crippen LogP contribution < -0.4 is 10.7 Å². The van der Waals surface area contributed by atoms with E-state index >= 15 is 0 Å². The van der Waals surface area contributed by atoms with Crippen LogP contribution in [0, 0.1) is 0 Å². The number of amides is 1. The second kappa shape index (κ2) is 6.52. The Morgan fingerprint density at radius 2 is 2.04 bits per heavy atom. The molecular formula is C18H17N3O4. The Hall–Kier alpha value is -2.93. The van der Waals surface area contributed by atoms with Crippen molar-refractivity contribution in [3.63, 3.8) is 0 Å². The van der Waals surface area contributed by atoms with E-state index in [4.69, 9.17) is 9.15 Å². The number of fused-ring (bicyclic) bond motifs is 1. The Bertz CT molecular complexity index is 970. The van der Waals surface area contributed by atoms with Gasteiger partial charge in [0.2, 0.25) is 0 Å². The first-order valence-electron chi connectivity index (χ1n) is 8.17. The van der Waals surface area contributed by atoms with Gasteiger partial charge in [0.15, 0.2) is 11.2 Å². The smallest absolute Gasteiger partial charge is 0.291 e. The summed E-state index contributed by atoms with van der Waals surface area (Å²) in [5, 5.41) is 7.48. The van der Waals surface area contributed by atoms with Gasteiger partial charge >= 0.3 is 0 Å². The number of nitrogens with one attached hydrogen (secondary N) is 1. The molecule has 2 aromatic heterocycles. The van der Waals surface area contributed by atoms with Crippen molar-refractivity contribution in [3.05, 3.63) is 58.7 Å². The highest BCUT2D eigenvalue weighted by atomic mass is 16.5. The molecular weight excluding hydrogens is 322 g/mol. The van der Waals surface area contributed by atoms with Crippen molar-refractivity contribution in [3.8, 4) is 0 Å². The SMILES string of the molecule is O=C(Nc1cnn(C2CCOCC2)c1)c1cc(=O)c2ccccc2o1. The molecule has 1 aromatic carbocycles. The fourth-order valence-corrected chi connectivity index (χ4v) is 2.96. The molecule has 7 nitrogen and oxygen atoms in total. The lowest BCUT2D eigenvalue weighted by Crippen LogP contribution is -2.20. The largest absolute Gasteiger partial charge is 0.451 e. The number of carbonyl (C=O) groups is 1. The van der Waals surface area contributed by atoms with Crippen LogP contribution in [0.1, 0.15) is 29.4 Å². The number of rotatable bonds is 3. The first-order valence-corrected chi connectivity index (χ1v) is 8.17. The minimum Gasteiger partial charge on any atom is -0.451 e. The van der Waals surface area contributed by atoms with Crippen molar-refractivity contribution in [2.75, 3.05) is 18.5 Å². The van der Waals surface area contributed by atoms with Gasteiger partial charge in [-0.2, -0.15) is 5.10 Å². The molecule has 0 atom stereocenters. The van der Waals surface area contributed by atoms with Crippen LogP contribution in [0.5, 0.6) is 0 Å². The highest BCUT2D eigenvalue weighted by Crippen LogP contribution is 2.21. The highest BCUT2D eigenvalue weighted by Gasteiger charge is 2.18. The Labute approximate surface area is 143 Å². The van der Waals surface area contributed by atoms with Crippen LogP contribution in [-0.4, -0.2) is 28.9 Å². The van der Waals surface area contributed by atoms with Gasteiger partial charge in [0.05, 0.1) is 23.3 Å². The lowest BCUT2D eigenvalue weighted by molar-refractivity contribution is 0.0662. The second-order valence-electron chi connectivity index (χ2n) is 5.98. The minimum absolute atomic E-state index is 0.0254. The van der Waals surface area contributed by atoms with Gasteiger partial charge in [-0.1, -0.05) is 12.1 Å². The van der Waals surface area contributed by atoms with Crippen molar-refractivity contribution < 1.29 is 13.9 Å². The van der Waals surface area contributed by atoms with Gasteiger partial charge in [0, 0.05) is 25.5 Å². The highest BCUT2D eigenvalue weighted by molar-refractivity contribution is 6.02. The van der Waals surface area contributed by atoms with Crippen molar-refractivity contribution >= 4 is 22.6 Å². The lowest BCUT2D eigenvalue weighted by atomic mass is 10.1. The van der Waals surface area contributed by atoms with Crippen molar-refractivity contribution in [1.29, 1.82) is 0 Å². The van der Waals surface area contributed by atoms with Crippen LogP contribution in [0.15, 0.2) is 51.9 Å². The number of carbonyl (C=O) groups excluding carboxylic acids is 1. The molecule has 1 saturated heterocycles. The van der Waals surface area contributed by atoms with Gasteiger partial charge in [-0.05, 0) is 25.0 Å². The first kappa shape index (κ1) is 15.6. The van der Waals surface area contributed by atoms with E-state index in [9.17, 15) is 9.59 Å². The predicted molar refractivity (Wildman–Crippen MR) is 91.8 cm³/mol. The molecule has 0 spiro atoms. The molecule has 0 unspecified atom stereocenters. The third kappa shape index (κ3) is 3.18. The van der Waals surface area contributed by atoms with Gasteiger partial charge in [-0.3, -0.25) is 14.3 Å². The fourth-order valence-electron chi connectivity index (χ4n) is 2.96. The van der Waals surface area contributed by atoms with E-state index in [2.05, 4.69) is 10.4 Å². The molecule has 128 valence electrons. The summed E-state index contributed by atoms with van der Waals surface area (Å²) >= 11 is 0. The van der Waals surface area contributed by atoms with E-state index < -0.39 is 5.91 Å². The average molecular weight is 339 g/mol. The molecule has 3 heterocycles. The second-order valence-corrected chi connectivity index (χ2v) is 5.98. The summed E-state index contributed by atoms with van der Waals surface area (Å²) in [4.78, 5) is 24.5. The molecule has 0 saturated carbocycles. The predicted octanol–water partition coefficient (Wildman–Crippen LogP) is 2.59. The van der Waals surface area contributed by atoms with Crippen molar-refractivity contribution in [2.24, 2.45) is 0 Å². The molecule has 0 aliphatic carbocycles. The number of benzene rings is 1. The molecule has 1 aliphatic rings. The van der Waals surface area contributed by atoms with Crippen molar-refractivity contribution in [2.45, 2.75) is 18.9 Å². The first-order chi connectivity index (χ1) is 12.2. The topological polar surface area (TPSA) is 86.4 Å². The molecule has 1 aliphatic heterocycles. The van der Waals surface area contributed by atoms with E-state index in [1.165, 1.54) is 6.07 Å². The quantitative estimate of drug-likeness (QED) is 0.792. The molecule has 0 bridgehead atoms. The third-order valence-corrected chi connectivity index (χ3v) is 4.28. The lowest BCUT2D eigenvalue weighted by Gasteiger charge is -2.22. The van der Waals surface area contributed by atoms with Crippen LogP contribution >= 0.6 is 0 Å². The summed E-state index contributed by atoms with van der Waals surface area (Å²) in [6.45, 7) is 1.43. The molecule has 3 aromatic rings. The van der Waals surface area contributed by atoms with Gasteiger partial charge < -0.3 is 14.5 Å². The Kier molecular flexibility index (Phi) is 4.07.